The van der Waals surface area contributed by atoms with E-state index in [1.54, 1.807) is 25.6 Å². The molecule has 3 aromatic carbocycles. The SMILES string of the molecule is COc1ccc2cc1OCCCNC(=O)c1cc(ccc1O)Oc1ccc3c(c1)CCN(C(=O)Cc1ccncc1)C23. The van der Waals surface area contributed by atoms with E-state index in [2.05, 4.69) is 10.3 Å². The number of benzene rings is 3. The highest BCUT2D eigenvalue weighted by Crippen LogP contribution is 2.41. The van der Waals surface area contributed by atoms with Gasteiger partial charge in [0.15, 0.2) is 11.5 Å². The van der Waals surface area contributed by atoms with Crippen LogP contribution in [0.2, 0.25) is 0 Å². The number of carbonyl (C=O) groups is 2. The number of aromatic hydroxyl groups is 1. The maximum absolute atomic E-state index is 13.8. The van der Waals surface area contributed by atoms with Crippen LogP contribution in [0.1, 0.15) is 45.1 Å². The molecular weight excluding hydrogens is 534 g/mol. The first-order valence-corrected chi connectivity index (χ1v) is 13.9. The number of phenolic OH excluding ortho intramolecular Hbond substituents is 1. The molecule has 1 unspecified atom stereocenters. The minimum absolute atomic E-state index is 0.0185. The summed E-state index contributed by atoms with van der Waals surface area (Å²) in [7, 11) is 1.59. The molecule has 2 N–H and O–H groups in total. The summed E-state index contributed by atoms with van der Waals surface area (Å²) in [6.45, 7) is 1.19. The van der Waals surface area contributed by atoms with Crippen LogP contribution in [0.4, 0.5) is 0 Å². The molecule has 2 amide bonds. The maximum Gasteiger partial charge on any atom is 0.255 e. The number of phenols is 1. The Balaban J connectivity index is 1.42. The molecule has 3 aliphatic rings. The van der Waals surface area contributed by atoms with Crippen LogP contribution in [0.3, 0.4) is 0 Å². The number of carbonyl (C=O) groups excluding carboxylic acids is 2. The van der Waals surface area contributed by atoms with E-state index in [-0.39, 0.29) is 29.7 Å². The average molecular weight is 566 g/mol. The van der Waals surface area contributed by atoms with Crippen molar-refractivity contribution in [2.45, 2.75) is 25.3 Å². The Morgan fingerprint density at radius 2 is 1.88 bits per heavy atom. The molecule has 42 heavy (non-hydrogen) atoms. The van der Waals surface area contributed by atoms with E-state index in [1.165, 1.54) is 12.1 Å². The number of hydrogen-bond donors (Lipinski definition) is 2. The molecule has 1 aromatic heterocycles. The van der Waals surface area contributed by atoms with Crippen LogP contribution in [0.5, 0.6) is 28.7 Å². The summed E-state index contributed by atoms with van der Waals surface area (Å²) in [6.07, 6.45) is 4.84. The van der Waals surface area contributed by atoms with Gasteiger partial charge in [0.2, 0.25) is 5.91 Å². The quantitative estimate of drug-likeness (QED) is 0.367. The predicted molar refractivity (Wildman–Crippen MR) is 155 cm³/mol. The second kappa shape index (κ2) is 11.8. The van der Waals surface area contributed by atoms with E-state index in [0.717, 1.165) is 22.3 Å². The minimum atomic E-state index is -0.400. The van der Waals surface area contributed by atoms with Crippen molar-refractivity contribution in [1.29, 1.82) is 0 Å². The van der Waals surface area contributed by atoms with Crippen LogP contribution in [0, 0.1) is 0 Å². The molecule has 9 nitrogen and oxygen atoms in total. The number of methoxy groups -OCH3 is 1. The van der Waals surface area contributed by atoms with Gasteiger partial charge in [0, 0.05) is 25.5 Å². The third-order valence-electron chi connectivity index (χ3n) is 7.58. The van der Waals surface area contributed by atoms with E-state index in [0.29, 0.717) is 55.5 Å². The Kier molecular flexibility index (Phi) is 7.64. The van der Waals surface area contributed by atoms with Crippen molar-refractivity contribution in [1.82, 2.24) is 15.2 Å². The zero-order valence-corrected chi connectivity index (χ0v) is 23.2. The second-order valence-corrected chi connectivity index (χ2v) is 10.3. The summed E-state index contributed by atoms with van der Waals surface area (Å²) in [5, 5.41) is 13.1. The van der Waals surface area contributed by atoms with Crippen LogP contribution in [-0.4, -0.2) is 53.6 Å². The van der Waals surface area contributed by atoms with Gasteiger partial charge < -0.3 is 29.5 Å². The van der Waals surface area contributed by atoms with Crippen LogP contribution in [0.15, 0.2) is 79.1 Å². The fraction of sp³-hybridized carbons (Fsp3) is 0.242. The summed E-state index contributed by atoms with van der Waals surface area (Å²) < 4.78 is 17.8. The Bertz CT molecular complexity index is 1620. The van der Waals surface area contributed by atoms with Gasteiger partial charge in [-0.05, 0) is 89.7 Å². The molecule has 8 bridgehead atoms. The Labute approximate surface area is 243 Å². The van der Waals surface area contributed by atoms with Gasteiger partial charge in [0.1, 0.15) is 17.2 Å². The molecule has 214 valence electrons. The van der Waals surface area contributed by atoms with Gasteiger partial charge in [-0.2, -0.15) is 0 Å². The standard InChI is InChI=1S/C33H31N3O6/c1-40-29-8-3-23-19-30(29)41-16-2-12-35-33(39)27-20-25(5-7-28(27)37)42-24-4-6-26-22(18-24)11-15-36(32(23)26)31(38)17-21-9-13-34-14-10-21/h3-10,13-14,18-20,32,37H,2,11-12,15-17H2,1H3,(H,35,39). The second-order valence-electron chi connectivity index (χ2n) is 10.3. The van der Waals surface area contributed by atoms with Crippen LogP contribution in [-0.2, 0) is 17.6 Å². The van der Waals surface area contributed by atoms with Gasteiger partial charge >= 0.3 is 0 Å². The zero-order valence-electron chi connectivity index (χ0n) is 23.2. The molecule has 4 aromatic rings. The largest absolute Gasteiger partial charge is 0.507 e. The van der Waals surface area contributed by atoms with Crippen LogP contribution in [0.25, 0.3) is 0 Å². The highest BCUT2D eigenvalue weighted by molar-refractivity contribution is 5.97. The van der Waals surface area contributed by atoms with Crippen LogP contribution < -0.4 is 19.5 Å². The van der Waals surface area contributed by atoms with Gasteiger partial charge in [-0.3, -0.25) is 14.6 Å². The number of nitrogens with one attached hydrogen (secondary N) is 1. The topological polar surface area (TPSA) is 110 Å². The van der Waals surface area contributed by atoms with E-state index in [4.69, 9.17) is 14.2 Å². The number of amides is 2. The van der Waals surface area contributed by atoms with Crippen LogP contribution >= 0.6 is 0 Å². The number of nitrogens with zero attached hydrogens (tertiary/aromatic N) is 2. The summed E-state index contributed by atoms with van der Waals surface area (Å²) in [5.41, 5.74) is 4.00. The molecule has 0 saturated heterocycles. The summed E-state index contributed by atoms with van der Waals surface area (Å²) in [4.78, 5) is 32.5. The number of aromatic nitrogens is 1. The minimum Gasteiger partial charge on any atom is -0.507 e. The van der Waals surface area contributed by atoms with E-state index >= 15 is 0 Å². The Hall–Kier alpha value is -5.05. The molecule has 9 heteroatoms. The van der Waals surface area contributed by atoms with Gasteiger partial charge in [-0.15, -0.1) is 0 Å². The normalized spacial score (nSPS) is 16.4. The monoisotopic (exact) mass is 565 g/mol. The van der Waals surface area contributed by atoms with Crippen molar-refractivity contribution in [2.24, 2.45) is 0 Å². The average Bonchev–Trinajstić information content (AvgIpc) is 3.01. The zero-order chi connectivity index (χ0) is 29.1. The van der Waals surface area contributed by atoms with E-state index in [9.17, 15) is 14.7 Å². The molecule has 0 radical (unpaired) electrons. The maximum atomic E-state index is 13.8. The fourth-order valence-corrected chi connectivity index (χ4v) is 5.50. The predicted octanol–water partition coefficient (Wildman–Crippen LogP) is 4.82. The highest BCUT2D eigenvalue weighted by atomic mass is 16.5. The molecular formula is C33H31N3O6. The first kappa shape index (κ1) is 27.1. The Morgan fingerprint density at radius 1 is 1.07 bits per heavy atom. The lowest BCUT2D eigenvalue weighted by molar-refractivity contribution is -0.132. The fourth-order valence-electron chi connectivity index (χ4n) is 5.50. The van der Waals surface area contributed by atoms with Crippen molar-refractivity contribution < 1.29 is 28.9 Å². The van der Waals surface area contributed by atoms with Gasteiger partial charge in [0.05, 0.1) is 31.7 Å². The number of ether oxygens (including phenoxy) is 3. The van der Waals surface area contributed by atoms with Crippen molar-refractivity contribution in [3.05, 3.63) is 107 Å². The molecule has 0 spiro atoms. The molecule has 3 aliphatic heterocycles. The van der Waals surface area contributed by atoms with Crippen molar-refractivity contribution in [2.75, 3.05) is 26.8 Å². The summed E-state index contributed by atoms with van der Waals surface area (Å²) in [6, 6.07) is 19.6. The van der Waals surface area contributed by atoms with Gasteiger partial charge in [-0.1, -0.05) is 12.1 Å². The summed E-state index contributed by atoms with van der Waals surface area (Å²) in [5.74, 6) is 1.66. The van der Waals surface area contributed by atoms with Crippen molar-refractivity contribution in [3.63, 3.8) is 0 Å². The number of fused-ring (bicyclic) bond motifs is 6. The smallest absolute Gasteiger partial charge is 0.255 e. The lowest BCUT2D eigenvalue weighted by Crippen LogP contribution is -2.41. The lowest BCUT2D eigenvalue weighted by Gasteiger charge is -2.38. The molecule has 0 saturated carbocycles. The number of pyridine rings is 1. The third-order valence-corrected chi connectivity index (χ3v) is 7.58. The summed E-state index contributed by atoms with van der Waals surface area (Å²) >= 11 is 0. The third kappa shape index (κ3) is 5.58. The van der Waals surface area contributed by atoms with Crippen molar-refractivity contribution in [3.8, 4) is 28.7 Å². The van der Waals surface area contributed by atoms with Gasteiger partial charge in [0.25, 0.3) is 5.91 Å². The highest BCUT2D eigenvalue weighted by Gasteiger charge is 2.33. The molecule has 4 heterocycles. The first-order valence-electron chi connectivity index (χ1n) is 13.9. The Morgan fingerprint density at radius 3 is 2.71 bits per heavy atom. The molecule has 1 atom stereocenters. The molecule has 0 fully saturated rings. The molecule has 7 rings (SSSR count). The van der Waals surface area contributed by atoms with E-state index < -0.39 is 5.91 Å². The first-order chi connectivity index (χ1) is 20.5. The molecule has 0 aliphatic carbocycles. The van der Waals surface area contributed by atoms with Crippen molar-refractivity contribution >= 4 is 11.8 Å². The van der Waals surface area contributed by atoms with Gasteiger partial charge in [-0.25, -0.2) is 0 Å². The number of hydrogen-bond acceptors (Lipinski definition) is 7. The lowest BCUT2D eigenvalue weighted by atomic mass is 9.87. The van der Waals surface area contributed by atoms with E-state index in [1.807, 2.05) is 53.4 Å². The number of rotatable bonds is 3.